The molecule has 0 aliphatic carbocycles. The van der Waals surface area contributed by atoms with Crippen molar-refractivity contribution in [1.29, 1.82) is 0 Å². The van der Waals surface area contributed by atoms with Gasteiger partial charge >= 0.3 is 0 Å². The van der Waals surface area contributed by atoms with Crippen LogP contribution < -0.4 is 18.9 Å². The van der Waals surface area contributed by atoms with E-state index in [1.54, 1.807) is 25.4 Å². The number of para-hydroxylation sites is 5. The van der Waals surface area contributed by atoms with E-state index in [1.807, 2.05) is 296 Å². The van der Waals surface area contributed by atoms with Crippen LogP contribution in [0, 0.1) is 0 Å². The maximum atomic E-state index is 9.46. The number of likely N-dealkylation sites (N-methyl/N-ethyl adjacent to an activating group) is 1. The van der Waals surface area contributed by atoms with E-state index >= 15 is 0 Å². The van der Waals surface area contributed by atoms with Gasteiger partial charge in [-0.05, 0) is 291 Å². The third-order valence-corrected chi connectivity index (χ3v) is 26.4. The Labute approximate surface area is 846 Å². The molecule has 10 aromatic carbocycles. The van der Waals surface area contributed by atoms with Crippen LogP contribution in [0.2, 0.25) is 0 Å². The molecule has 25 aromatic rings. The van der Waals surface area contributed by atoms with Gasteiger partial charge < -0.3 is 29.0 Å². The molecule has 26 rings (SSSR count). The van der Waals surface area contributed by atoms with Gasteiger partial charge in [0.15, 0.2) is 57.4 Å². The lowest BCUT2D eigenvalue weighted by atomic mass is 10.1. The normalized spacial score (nSPS) is 12.2. The monoisotopic (exact) mass is 1930 g/mol. The highest BCUT2D eigenvalue weighted by molar-refractivity contribution is 5.98. The SMILES string of the molecule is CC(COc1ccc(-c2ccn3c(-c4ccnc5ccccc45)nnc3c2)cc1)N(C)C.CCCOc1ccc(-c2ccn3c(-c4ccnc5ccccc45)nnc3c2)cc1.COc1ccc(-c2ccn3c(-c4ccnc5ccccc45)nnc3c2)cc1.Oc1ccc(-c2ccn3c(-c4ccnc5ccccc45)nnc3c2)cc1.c1ccc2c(-c3nnc4cc(-c5ccc(OCCN6CCCC6)cc5)ccn34)ccnc2c1. The molecule has 0 radical (unpaired) electrons. The summed E-state index contributed by atoms with van der Waals surface area (Å²) in [6.07, 6.45) is 22.8. The number of fused-ring (bicyclic) bond motifs is 10. The lowest BCUT2D eigenvalue weighted by Gasteiger charge is -2.20. The second kappa shape index (κ2) is 42.6. The highest BCUT2D eigenvalue weighted by atomic mass is 16.5. The van der Waals surface area contributed by atoms with E-state index in [1.165, 1.54) is 25.9 Å². The van der Waals surface area contributed by atoms with Gasteiger partial charge in [0.25, 0.3) is 0 Å². The van der Waals surface area contributed by atoms with Crippen molar-refractivity contribution in [3.05, 3.63) is 396 Å². The quantitative estimate of drug-likeness (QED) is 0.0660. The first-order valence-electron chi connectivity index (χ1n) is 48.9. The minimum atomic E-state index is 0.254. The number of phenolic OH excluding ortho intramolecular Hbond substituents is 1. The summed E-state index contributed by atoms with van der Waals surface area (Å²) in [6, 6.07) is 111. The summed E-state index contributed by atoms with van der Waals surface area (Å²) in [6.45, 7) is 9.77. The number of hydrogen-bond acceptors (Lipinski definition) is 22. The molecule has 1 aliphatic rings. The second-order valence-corrected chi connectivity index (χ2v) is 35.9. The Hall–Kier alpha value is -18.7. The van der Waals surface area contributed by atoms with E-state index in [2.05, 4.69) is 217 Å². The van der Waals surface area contributed by atoms with E-state index in [-0.39, 0.29) is 5.75 Å². The summed E-state index contributed by atoms with van der Waals surface area (Å²) in [5, 5.41) is 59.1. The number of benzene rings is 10. The maximum absolute atomic E-state index is 9.46. The number of nitrogens with zero attached hydrogens (tertiary/aromatic N) is 22. The highest BCUT2D eigenvalue weighted by Crippen LogP contribution is 2.38. The number of pyridine rings is 10. The Balaban J connectivity index is 0.000000105. The molecule has 1 atom stereocenters. The first-order valence-corrected chi connectivity index (χ1v) is 48.9. The third-order valence-electron chi connectivity index (χ3n) is 26.4. The van der Waals surface area contributed by atoms with E-state index in [0.717, 1.165) is 245 Å². The van der Waals surface area contributed by atoms with Crippen molar-refractivity contribution in [2.45, 2.75) is 39.2 Å². The summed E-state index contributed by atoms with van der Waals surface area (Å²) in [5.41, 5.74) is 24.7. The number of phenols is 1. The summed E-state index contributed by atoms with van der Waals surface area (Å²) >= 11 is 0. The van der Waals surface area contributed by atoms with Gasteiger partial charge in [-0.25, -0.2) is 0 Å². The Kier molecular flexibility index (Phi) is 27.0. The third kappa shape index (κ3) is 20.2. The molecule has 1 N–H and O–H groups in total. The minimum absolute atomic E-state index is 0.254. The van der Waals surface area contributed by atoms with Gasteiger partial charge in [-0.1, -0.05) is 159 Å². The van der Waals surface area contributed by atoms with E-state index in [4.69, 9.17) is 18.9 Å². The van der Waals surface area contributed by atoms with Gasteiger partial charge in [-0.3, -0.25) is 51.8 Å². The number of hydrogen-bond donors (Lipinski definition) is 1. The lowest BCUT2D eigenvalue weighted by molar-refractivity contribution is 0.198. The minimum Gasteiger partial charge on any atom is -0.508 e. The molecule has 720 valence electrons. The van der Waals surface area contributed by atoms with E-state index in [0.29, 0.717) is 12.6 Å². The molecule has 1 fully saturated rings. The number of ether oxygens (including phenoxy) is 4. The molecule has 0 spiro atoms. The van der Waals surface area contributed by atoms with Crippen LogP contribution in [0.4, 0.5) is 0 Å². The molecule has 16 heterocycles. The van der Waals surface area contributed by atoms with Crippen molar-refractivity contribution in [3.8, 4) is 141 Å². The molecule has 147 heavy (non-hydrogen) atoms. The fourth-order valence-electron chi connectivity index (χ4n) is 18.3. The van der Waals surface area contributed by atoms with Gasteiger partial charge in [-0.15, -0.1) is 51.0 Å². The Morgan fingerprint density at radius 3 is 0.823 bits per heavy atom. The van der Waals surface area contributed by atoms with E-state index < -0.39 is 0 Å². The molecule has 27 heteroatoms. The van der Waals surface area contributed by atoms with Gasteiger partial charge in [0.05, 0.1) is 41.3 Å². The van der Waals surface area contributed by atoms with Crippen LogP contribution in [-0.4, -0.2) is 180 Å². The standard InChI is InChI=1S/C27H25N5O.C26H25N5O.C24H20N4O.C22H16N4O.C21H14N4O/c1-2-6-25-23(5-1)24(11-13-28-25)27-30-29-26-19-21(12-16-32(26)27)20-7-9-22(10-8-20)33-18-17-31-14-3-4-15-31;1-18(30(2)3)17-32-21-10-8-19(9-11-21)20-13-15-31-25(16-20)28-29-26(31)23-12-14-27-24-7-5-4-6-22(23)24;1-2-15-29-19-9-7-17(8-10-19)18-12-14-28-23(16-18)26-27-24(28)21-11-13-25-22-6-4-3-5-20(21)22;1-27-17-8-6-15(7-9-17)16-11-13-26-21(14-16)24-25-22(26)19-10-12-23-20-5-3-2-4-18(19)20;26-16-7-5-14(6-8-16)15-10-12-25-20(13-15)23-24-21(25)18-9-11-22-19-4-2-1-3-17(18)19/h1-2,5-13,16,19H,3-4,14-15,17-18H2;4-16,18H,17H2,1-3H3;3-14,16H,2,15H2,1H3;2-14H,1H3;1-13,26H. The molecular formula is C120H100N22O5. The number of methoxy groups -OCH3 is 1. The fraction of sp³-hybridized carbons (Fsp3) is 0.125. The molecule has 0 amide bonds. The molecule has 15 aromatic heterocycles. The molecule has 1 unspecified atom stereocenters. The van der Waals surface area contributed by atoms with Crippen LogP contribution in [0.3, 0.4) is 0 Å². The Morgan fingerprint density at radius 2 is 0.551 bits per heavy atom. The molecule has 0 bridgehead atoms. The zero-order valence-electron chi connectivity index (χ0n) is 81.4. The topological polar surface area (TPSA) is 279 Å². The average molecular weight is 1930 g/mol. The Bertz CT molecular complexity index is 8950. The number of rotatable bonds is 22. The molecule has 1 aliphatic heterocycles. The molecule has 0 saturated carbocycles. The molecular weight excluding hydrogens is 1830 g/mol. The fourth-order valence-corrected chi connectivity index (χ4v) is 18.3. The van der Waals surface area contributed by atoms with Gasteiger partial charge in [-0.2, -0.15) is 0 Å². The number of likely N-dealkylation sites (tertiary alicyclic amines) is 1. The summed E-state index contributed by atoms with van der Waals surface area (Å²) in [5.74, 6) is 7.81. The smallest absolute Gasteiger partial charge is 0.169 e. The van der Waals surface area contributed by atoms with Crippen LogP contribution in [0.15, 0.2) is 396 Å². The first-order chi connectivity index (χ1) is 72.4. The predicted octanol–water partition coefficient (Wildman–Crippen LogP) is 24.4. The van der Waals surface area contributed by atoms with Crippen molar-refractivity contribution >= 4 is 82.8 Å². The zero-order chi connectivity index (χ0) is 99.5. The largest absolute Gasteiger partial charge is 0.508 e. The number of aromatic hydroxyl groups is 1. The Morgan fingerprint density at radius 1 is 0.293 bits per heavy atom. The molecule has 27 nitrogen and oxygen atoms in total. The summed E-state index contributed by atoms with van der Waals surface area (Å²) in [4.78, 5) is 26.8. The van der Waals surface area contributed by atoms with Crippen LogP contribution in [0.5, 0.6) is 28.7 Å². The molecule has 1 saturated heterocycles. The lowest BCUT2D eigenvalue weighted by Crippen LogP contribution is -2.30. The second-order valence-electron chi connectivity index (χ2n) is 35.9. The zero-order valence-corrected chi connectivity index (χ0v) is 81.4. The van der Waals surface area contributed by atoms with E-state index in [9.17, 15) is 5.11 Å². The van der Waals surface area contributed by atoms with Crippen LogP contribution in [-0.2, 0) is 0 Å². The van der Waals surface area contributed by atoms with Crippen molar-refractivity contribution < 1.29 is 24.1 Å². The van der Waals surface area contributed by atoms with Crippen molar-refractivity contribution in [3.63, 3.8) is 0 Å². The van der Waals surface area contributed by atoms with Gasteiger partial charge in [0.2, 0.25) is 0 Å². The van der Waals surface area contributed by atoms with Gasteiger partial charge in [0, 0.05) is 129 Å². The van der Waals surface area contributed by atoms with Crippen molar-refractivity contribution in [2.24, 2.45) is 0 Å². The maximum Gasteiger partial charge on any atom is 0.169 e. The number of aromatic nitrogens is 20. The summed E-state index contributed by atoms with van der Waals surface area (Å²) in [7, 11) is 5.78. The van der Waals surface area contributed by atoms with Crippen LogP contribution in [0.1, 0.15) is 33.1 Å². The van der Waals surface area contributed by atoms with Crippen LogP contribution >= 0.6 is 0 Å². The highest BCUT2D eigenvalue weighted by Gasteiger charge is 2.22. The van der Waals surface area contributed by atoms with Crippen molar-refractivity contribution in [1.82, 2.24) is 108 Å². The summed E-state index contributed by atoms with van der Waals surface area (Å²) < 4.78 is 32.8. The van der Waals surface area contributed by atoms with Crippen molar-refractivity contribution in [2.75, 3.05) is 60.7 Å². The van der Waals surface area contributed by atoms with Crippen LogP contribution in [0.25, 0.3) is 195 Å². The average Bonchev–Trinajstić information content (AvgIpc) is 1.67. The first kappa shape index (κ1) is 93.2. The van der Waals surface area contributed by atoms with Gasteiger partial charge in [0.1, 0.15) is 42.0 Å². The predicted molar refractivity (Wildman–Crippen MR) is 580 cm³/mol.